The Labute approximate surface area is 131 Å². The van der Waals surface area contributed by atoms with Crippen LogP contribution in [0.3, 0.4) is 0 Å². The molecule has 0 aromatic heterocycles. The number of amides is 1. The second-order valence-electron chi connectivity index (χ2n) is 4.67. The lowest BCUT2D eigenvalue weighted by atomic mass is 10.1. The van der Waals surface area contributed by atoms with Crippen LogP contribution in [0.2, 0.25) is 5.02 Å². The quantitative estimate of drug-likeness (QED) is 0.665. The summed E-state index contributed by atoms with van der Waals surface area (Å²) >= 11 is 5.90. The Morgan fingerprint density at radius 2 is 1.91 bits per heavy atom. The van der Waals surface area contributed by atoms with Gasteiger partial charge in [-0.15, -0.1) is 0 Å². The van der Waals surface area contributed by atoms with Crippen LogP contribution in [0.25, 0.3) is 0 Å². The maximum Gasteiger partial charge on any atom is 0.270 e. The Morgan fingerprint density at radius 3 is 2.41 bits per heavy atom. The van der Waals surface area contributed by atoms with Crippen molar-refractivity contribution in [3.63, 3.8) is 0 Å². The summed E-state index contributed by atoms with van der Waals surface area (Å²) in [4.78, 5) is 22.2. The molecule has 0 radical (unpaired) electrons. The van der Waals surface area contributed by atoms with Crippen molar-refractivity contribution in [3.05, 3.63) is 68.7 Å². The molecule has 0 spiro atoms. The van der Waals surface area contributed by atoms with Crippen LogP contribution >= 0.6 is 11.6 Å². The van der Waals surface area contributed by atoms with E-state index in [1.165, 1.54) is 12.1 Å². The zero-order valence-electron chi connectivity index (χ0n) is 11.6. The molecule has 0 heterocycles. The Kier molecular flexibility index (Phi) is 4.75. The van der Waals surface area contributed by atoms with E-state index < -0.39 is 16.9 Å². The zero-order chi connectivity index (χ0) is 16.3. The first-order valence-electron chi connectivity index (χ1n) is 6.42. The molecule has 0 aliphatic carbocycles. The molecule has 6 nitrogen and oxygen atoms in total. The highest BCUT2D eigenvalue weighted by molar-refractivity contribution is 6.34. The van der Waals surface area contributed by atoms with Crippen LogP contribution in [0.1, 0.15) is 28.9 Å². The van der Waals surface area contributed by atoms with Gasteiger partial charge in [0.05, 0.1) is 21.6 Å². The lowest BCUT2D eigenvalue weighted by Gasteiger charge is -2.09. The third kappa shape index (κ3) is 3.60. The fourth-order valence-corrected chi connectivity index (χ4v) is 2.11. The van der Waals surface area contributed by atoms with Crippen molar-refractivity contribution in [2.45, 2.75) is 13.0 Å². The van der Waals surface area contributed by atoms with Gasteiger partial charge in [-0.3, -0.25) is 14.9 Å². The maximum absolute atomic E-state index is 12.1. The van der Waals surface area contributed by atoms with Gasteiger partial charge in [-0.1, -0.05) is 23.7 Å². The summed E-state index contributed by atoms with van der Waals surface area (Å²) in [5.74, 6) is -0.468. The number of nitro benzene ring substituents is 1. The van der Waals surface area contributed by atoms with Gasteiger partial charge in [-0.05, 0) is 30.7 Å². The third-order valence-electron chi connectivity index (χ3n) is 3.06. The minimum atomic E-state index is -0.589. The zero-order valence-corrected chi connectivity index (χ0v) is 12.4. The van der Waals surface area contributed by atoms with Crippen LogP contribution in [0, 0.1) is 10.1 Å². The number of hydrogen-bond donors (Lipinski definition) is 2. The number of benzene rings is 2. The van der Waals surface area contributed by atoms with Gasteiger partial charge in [0.15, 0.2) is 0 Å². The van der Waals surface area contributed by atoms with E-state index in [4.69, 9.17) is 11.6 Å². The van der Waals surface area contributed by atoms with Gasteiger partial charge in [0, 0.05) is 17.8 Å². The summed E-state index contributed by atoms with van der Waals surface area (Å²) in [6, 6.07) is 10.3. The molecular weight excluding hydrogens is 308 g/mol. The van der Waals surface area contributed by atoms with Crippen LogP contribution < -0.4 is 5.32 Å². The first kappa shape index (κ1) is 15.9. The molecule has 0 bridgehead atoms. The van der Waals surface area contributed by atoms with Gasteiger partial charge in [0.1, 0.15) is 0 Å². The Balaban J connectivity index is 2.17. The average Bonchev–Trinajstić information content (AvgIpc) is 2.47. The van der Waals surface area contributed by atoms with Gasteiger partial charge >= 0.3 is 0 Å². The molecule has 2 aromatic rings. The molecule has 2 aromatic carbocycles. The van der Waals surface area contributed by atoms with E-state index in [2.05, 4.69) is 5.32 Å². The molecular formula is C15H13ClN2O4. The number of nitro groups is 1. The third-order valence-corrected chi connectivity index (χ3v) is 3.37. The Morgan fingerprint density at radius 1 is 1.27 bits per heavy atom. The molecule has 0 aliphatic heterocycles. The molecule has 2 rings (SSSR count). The Bertz CT molecular complexity index is 714. The predicted octanol–water partition coefficient (Wildman–Crippen LogP) is 3.55. The van der Waals surface area contributed by atoms with Crippen molar-refractivity contribution in [2.24, 2.45) is 0 Å². The second kappa shape index (κ2) is 6.55. The minimum absolute atomic E-state index is 0.00676. The number of nitrogens with one attached hydrogen (secondary N) is 1. The van der Waals surface area contributed by atoms with E-state index in [1.54, 1.807) is 31.2 Å². The minimum Gasteiger partial charge on any atom is -0.389 e. The van der Waals surface area contributed by atoms with Crippen LogP contribution in [0.15, 0.2) is 42.5 Å². The van der Waals surface area contributed by atoms with Crippen molar-refractivity contribution in [1.82, 2.24) is 0 Å². The number of aliphatic hydroxyl groups is 1. The van der Waals surface area contributed by atoms with E-state index >= 15 is 0 Å². The number of non-ortho nitro benzene ring substituents is 1. The molecule has 0 saturated carbocycles. The summed E-state index contributed by atoms with van der Waals surface area (Å²) in [6.45, 7) is 1.64. The normalized spacial score (nSPS) is 11.8. The van der Waals surface area contributed by atoms with Gasteiger partial charge in [0.2, 0.25) is 0 Å². The van der Waals surface area contributed by atoms with Crippen LogP contribution in [-0.2, 0) is 0 Å². The number of carbonyl (C=O) groups is 1. The smallest absolute Gasteiger partial charge is 0.270 e. The van der Waals surface area contributed by atoms with Crippen molar-refractivity contribution in [2.75, 3.05) is 5.32 Å². The molecule has 1 amide bonds. The van der Waals surface area contributed by atoms with Crippen molar-refractivity contribution in [3.8, 4) is 0 Å². The maximum atomic E-state index is 12.1. The van der Waals surface area contributed by atoms with Crippen molar-refractivity contribution < 1.29 is 14.8 Å². The molecule has 22 heavy (non-hydrogen) atoms. The standard InChI is InChI=1S/C15H13ClN2O4/c1-9(19)10-2-4-11(5-3-10)17-15(20)13-7-6-12(18(21)22)8-14(13)16/h2-9,19H,1H3,(H,17,20)/t9-/m0/s1. The summed E-state index contributed by atoms with van der Waals surface area (Å²) in [5.41, 5.74) is 1.23. The summed E-state index contributed by atoms with van der Waals surface area (Å²) in [6.07, 6.45) is -0.589. The molecule has 0 fully saturated rings. The average molecular weight is 321 g/mol. The van der Waals surface area contributed by atoms with Gasteiger partial charge in [0.25, 0.3) is 11.6 Å². The number of aliphatic hydroxyl groups excluding tert-OH is 1. The molecule has 2 N–H and O–H groups in total. The number of nitrogens with zero attached hydrogens (tertiary/aromatic N) is 1. The molecule has 7 heteroatoms. The molecule has 0 saturated heterocycles. The molecule has 0 aliphatic rings. The number of anilines is 1. The lowest BCUT2D eigenvalue weighted by molar-refractivity contribution is -0.384. The van der Waals surface area contributed by atoms with E-state index in [0.29, 0.717) is 5.69 Å². The van der Waals surface area contributed by atoms with Crippen LogP contribution in [-0.4, -0.2) is 15.9 Å². The number of halogens is 1. The fraction of sp³-hybridized carbons (Fsp3) is 0.133. The van der Waals surface area contributed by atoms with Crippen LogP contribution in [0.4, 0.5) is 11.4 Å². The van der Waals surface area contributed by atoms with Gasteiger partial charge < -0.3 is 10.4 Å². The van der Waals surface area contributed by atoms with E-state index in [0.717, 1.165) is 11.6 Å². The van der Waals surface area contributed by atoms with E-state index in [9.17, 15) is 20.0 Å². The summed E-state index contributed by atoms with van der Waals surface area (Å²) in [5, 5.41) is 22.7. The summed E-state index contributed by atoms with van der Waals surface area (Å²) < 4.78 is 0. The monoisotopic (exact) mass is 320 g/mol. The predicted molar refractivity (Wildman–Crippen MR) is 83.1 cm³/mol. The molecule has 0 unspecified atom stereocenters. The Hall–Kier alpha value is -2.44. The molecule has 1 atom stereocenters. The lowest BCUT2D eigenvalue weighted by Crippen LogP contribution is -2.12. The largest absolute Gasteiger partial charge is 0.389 e. The highest BCUT2D eigenvalue weighted by Crippen LogP contribution is 2.23. The molecule has 114 valence electrons. The second-order valence-corrected chi connectivity index (χ2v) is 5.08. The SMILES string of the molecule is C[C@H](O)c1ccc(NC(=O)c2ccc([N+](=O)[O-])cc2Cl)cc1. The first-order valence-corrected chi connectivity index (χ1v) is 6.79. The highest BCUT2D eigenvalue weighted by Gasteiger charge is 2.15. The van der Waals surface area contributed by atoms with E-state index in [-0.39, 0.29) is 16.3 Å². The highest BCUT2D eigenvalue weighted by atomic mass is 35.5. The first-order chi connectivity index (χ1) is 10.4. The van der Waals surface area contributed by atoms with Crippen LogP contribution in [0.5, 0.6) is 0 Å². The fourth-order valence-electron chi connectivity index (χ4n) is 1.85. The van der Waals surface area contributed by atoms with E-state index in [1.807, 2.05) is 0 Å². The van der Waals surface area contributed by atoms with Crippen molar-refractivity contribution in [1.29, 1.82) is 0 Å². The number of carbonyl (C=O) groups excluding carboxylic acids is 1. The number of rotatable bonds is 4. The van der Waals surface area contributed by atoms with Gasteiger partial charge in [-0.25, -0.2) is 0 Å². The topological polar surface area (TPSA) is 92.5 Å². The summed E-state index contributed by atoms with van der Waals surface area (Å²) in [7, 11) is 0. The number of hydrogen-bond acceptors (Lipinski definition) is 4. The van der Waals surface area contributed by atoms with Gasteiger partial charge in [-0.2, -0.15) is 0 Å². The van der Waals surface area contributed by atoms with Crippen molar-refractivity contribution >= 4 is 28.9 Å².